The molecule has 0 saturated heterocycles. The molecular formula is C8H9N2O3S. The fourth-order valence-corrected chi connectivity index (χ4v) is 1.46. The van der Waals surface area contributed by atoms with Crippen molar-refractivity contribution in [1.82, 2.24) is 4.98 Å². The molecule has 2 N–H and O–H groups in total. The third-order valence-corrected chi connectivity index (χ3v) is 2.77. The fourth-order valence-electron chi connectivity index (χ4n) is 0.765. The van der Waals surface area contributed by atoms with Crippen molar-refractivity contribution >= 4 is 15.1 Å². The van der Waals surface area contributed by atoms with Crippen molar-refractivity contribution in [2.24, 2.45) is 5.73 Å². The van der Waals surface area contributed by atoms with Crippen LogP contribution in [-0.2, 0) is 9.84 Å². The minimum Gasteiger partial charge on any atom is -0.356 e. The summed E-state index contributed by atoms with van der Waals surface area (Å²) in [5, 5.41) is -2.10. The van der Waals surface area contributed by atoms with Gasteiger partial charge in [-0.15, -0.1) is 0 Å². The van der Waals surface area contributed by atoms with Gasteiger partial charge in [-0.25, -0.2) is 13.4 Å². The predicted molar refractivity (Wildman–Crippen MR) is 50.1 cm³/mol. The van der Waals surface area contributed by atoms with E-state index in [-0.39, 0.29) is 5.56 Å². The van der Waals surface area contributed by atoms with E-state index >= 15 is 0 Å². The van der Waals surface area contributed by atoms with Crippen LogP contribution in [0.4, 0.5) is 4.79 Å². The maximum atomic E-state index is 11.4. The first-order valence-corrected chi connectivity index (χ1v) is 4.98. The Morgan fingerprint density at radius 1 is 1.71 bits per heavy atom. The van der Waals surface area contributed by atoms with Crippen molar-refractivity contribution in [3.63, 3.8) is 0 Å². The molecule has 0 bridgehead atoms. The van der Waals surface area contributed by atoms with Crippen molar-refractivity contribution in [3.05, 3.63) is 30.3 Å². The molecular weight excluding hydrogens is 204 g/mol. The summed E-state index contributed by atoms with van der Waals surface area (Å²) in [6.45, 7) is -2.35. The number of aromatic nitrogens is 1. The van der Waals surface area contributed by atoms with E-state index in [0.29, 0.717) is 0 Å². The molecule has 0 atom stereocenters. The summed E-state index contributed by atoms with van der Waals surface area (Å²) in [6, 6.07) is 2.29. The lowest BCUT2D eigenvalue weighted by Crippen LogP contribution is -2.22. The van der Waals surface area contributed by atoms with Gasteiger partial charge in [0.1, 0.15) is 0 Å². The summed E-state index contributed by atoms with van der Waals surface area (Å²) in [5.41, 5.74) is 4.82. The summed E-state index contributed by atoms with van der Waals surface area (Å²) in [5.74, 6) is 0. The van der Waals surface area contributed by atoms with Gasteiger partial charge in [0.2, 0.25) is 0 Å². The number of carbonyl (C=O) groups excluding carboxylic acids is 1. The van der Waals surface area contributed by atoms with Gasteiger partial charge in [-0.3, -0.25) is 4.79 Å². The quantitative estimate of drug-likeness (QED) is 0.779. The zero-order chi connectivity index (χ0) is 13.3. The zero-order valence-electron chi connectivity index (χ0n) is 9.97. The number of nitrogens with zero attached hydrogens (tertiary/aromatic N) is 1. The standard InChI is InChI=1S/C8H9N2O3S/c1-2-6-3-4-10-7(5-6)14(12,13)8(9)11/h2-5H,1H3,(H2,9,11)/i1D3. The molecule has 0 aliphatic carbocycles. The maximum absolute atomic E-state index is 11.4. The van der Waals surface area contributed by atoms with Gasteiger partial charge in [0, 0.05) is 10.3 Å². The molecule has 5 nitrogen and oxygen atoms in total. The third kappa shape index (κ3) is 1.90. The van der Waals surface area contributed by atoms with E-state index in [1.165, 1.54) is 6.07 Å². The Balaban J connectivity index is 3.15. The highest BCUT2D eigenvalue weighted by Crippen LogP contribution is 2.10. The van der Waals surface area contributed by atoms with Crippen molar-refractivity contribution < 1.29 is 17.3 Å². The molecule has 75 valence electrons. The largest absolute Gasteiger partial charge is 0.356 e. The maximum Gasteiger partial charge on any atom is 0.340 e. The molecule has 1 aromatic heterocycles. The lowest BCUT2D eigenvalue weighted by Gasteiger charge is -2.00. The Morgan fingerprint density at radius 2 is 2.43 bits per heavy atom. The number of amides is 1. The lowest BCUT2D eigenvalue weighted by atomic mass is 10.2. The van der Waals surface area contributed by atoms with Crippen LogP contribution in [0.3, 0.4) is 0 Å². The predicted octanol–water partition coefficient (Wildman–Crippen LogP) is 0.506. The number of sulfone groups is 1. The SMILES string of the molecule is [2H]C([2H])([2H])[CH]c1ccnc(S(=O)(=O)C(N)=O)c1. The first-order valence-electron chi connectivity index (χ1n) is 4.99. The topological polar surface area (TPSA) is 90.1 Å². The molecule has 0 aliphatic heterocycles. The molecule has 6 heteroatoms. The first-order chi connectivity index (χ1) is 7.63. The molecule has 14 heavy (non-hydrogen) atoms. The highest BCUT2D eigenvalue weighted by atomic mass is 32.2. The Kier molecular flexibility index (Phi) is 1.86. The van der Waals surface area contributed by atoms with Gasteiger partial charge in [-0.2, -0.15) is 0 Å². The summed E-state index contributed by atoms with van der Waals surface area (Å²) < 4.78 is 43.7. The summed E-state index contributed by atoms with van der Waals surface area (Å²) in [4.78, 5) is 14.2. The molecule has 1 heterocycles. The van der Waals surface area contributed by atoms with Gasteiger partial charge in [0.05, 0.1) is 0 Å². The second-order valence-corrected chi connectivity index (χ2v) is 4.22. The molecule has 0 aromatic carbocycles. The van der Waals surface area contributed by atoms with Crippen molar-refractivity contribution in [3.8, 4) is 0 Å². The number of rotatable bonds is 2. The van der Waals surface area contributed by atoms with Crippen LogP contribution < -0.4 is 5.73 Å². The average Bonchev–Trinajstić information content (AvgIpc) is 2.15. The smallest absolute Gasteiger partial charge is 0.340 e. The monoisotopic (exact) mass is 216 g/mol. The van der Waals surface area contributed by atoms with Crippen LogP contribution in [0.25, 0.3) is 0 Å². The summed E-state index contributed by atoms with van der Waals surface area (Å²) in [6.07, 6.45) is 1.97. The Labute approximate surface area is 86.1 Å². The van der Waals surface area contributed by atoms with Crippen LogP contribution in [0, 0.1) is 6.42 Å². The van der Waals surface area contributed by atoms with Gasteiger partial charge in [0.25, 0.3) is 9.84 Å². The van der Waals surface area contributed by atoms with E-state index in [1.54, 1.807) is 0 Å². The normalized spacial score (nSPS) is 15.3. The number of hydrogen-bond donors (Lipinski definition) is 1. The molecule has 0 unspecified atom stereocenters. The molecule has 0 saturated carbocycles. The molecule has 0 fully saturated rings. The van der Waals surface area contributed by atoms with Crippen LogP contribution in [0.15, 0.2) is 23.4 Å². The van der Waals surface area contributed by atoms with E-state index in [2.05, 4.69) is 4.98 Å². The zero-order valence-corrected chi connectivity index (χ0v) is 7.78. The second kappa shape index (κ2) is 3.75. The van der Waals surface area contributed by atoms with Gasteiger partial charge in [-0.05, 0) is 24.1 Å². The van der Waals surface area contributed by atoms with Crippen LogP contribution >= 0.6 is 0 Å². The van der Waals surface area contributed by atoms with Crippen LogP contribution in [-0.4, -0.2) is 18.6 Å². The van der Waals surface area contributed by atoms with Crippen LogP contribution in [0.2, 0.25) is 0 Å². The molecule has 0 spiro atoms. The van der Waals surface area contributed by atoms with E-state index in [0.717, 1.165) is 18.7 Å². The minimum atomic E-state index is -4.33. The van der Waals surface area contributed by atoms with E-state index < -0.39 is 27.0 Å². The van der Waals surface area contributed by atoms with Crippen molar-refractivity contribution in [2.75, 3.05) is 0 Å². The minimum absolute atomic E-state index is 0.125. The van der Waals surface area contributed by atoms with E-state index in [9.17, 15) is 13.2 Å². The third-order valence-electron chi connectivity index (χ3n) is 1.47. The van der Waals surface area contributed by atoms with E-state index in [1.807, 2.05) is 0 Å². The average molecular weight is 216 g/mol. The molecule has 1 radical (unpaired) electrons. The number of primary amides is 1. The number of carbonyl (C=O) groups is 1. The van der Waals surface area contributed by atoms with Crippen LogP contribution in [0.1, 0.15) is 16.5 Å². The van der Waals surface area contributed by atoms with Gasteiger partial charge in [0.15, 0.2) is 5.03 Å². The van der Waals surface area contributed by atoms with Gasteiger partial charge >= 0.3 is 5.24 Å². The number of hydrogen-bond acceptors (Lipinski definition) is 4. The molecule has 1 rings (SSSR count). The van der Waals surface area contributed by atoms with Crippen LogP contribution in [0.5, 0.6) is 0 Å². The highest BCUT2D eigenvalue weighted by Gasteiger charge is 2.22. The fraction of sp³-hybridized carbons (Fsp3) is 0.125. The first kappa shape index (κ1) is 6.94. The van der Waals surface area contributed by atoms with Crippen molar-refractivity contribution in [2.45, 2.75) is 11.9 Å². The Hall–Kier alpha value is -1.43. The van der Waals surface area contributed by atoms with E-state index in [4.69, 9.17) is 9.85 Å². The lowest BCUT2D eigenvalue weighted by molar-refractivity contribution is 0.265. The molecule has 1 aromatic rings. The summed E-state index contributed by atoms with van der Waals surface area (Å²) in [7, 11) is -4.33. The van der Waals surface area contributed by atoms with Crippen molar-refractivity contribution in [1.29, 1.82) is 0 Å². The molecule has 1 amide bonds. The van der Waals surface area contributed by atoms with Gasteiger partial charge in [-0.1, -0.05) is 6.85 Å². The van der Waals surface area contributed by atoms with Gasteiger partial charge < -0.3 is 5.73 Å². The highest BCUT2D eigenvalue weighted by molar-refractivity contribution is 8.05. The second-order valence-electron chi connectivity index (χ2n) is 2.39. The number of nitrogens with two attached hydrogens (primary N) is 1. The Bertz CT molecular complexity index is 539. The summed E-state index contributed by atoms with van der Waals surface area (Å²) >= 11 is 0. The Morgan fingerprint density at radius 3 is 3.00 bits per heavy atom. The molecule has 0 aliphatic rings. The number of pyridine rings is 1.